The van der Waals surface area contributed by atoms with Crippen LogP contribution in [-0.2, 0) is 14.3 Å². The Morgan fingerprint density at radius 1 is 1.40 bits per heavy atom. The molecule has 7 nitrogen and oxygen atoms in total. The van der Waals surface area contributed by atoms with Crippen LogP contribution in [0.4, 0.5) is 4.79 Å². The van der Waals surface area contributed by atoms with E-state index >= 15 is 0 Å². The third kappa shape index (κ3) is 4.21. The molecule has 0 aromatic rings. The normalized spacial score (nSPS) is 10.3. The number of carbonyl (C=O) groups is 3. The molecule has 7 heteroatoms. The monoisotopic (exact) mass is 216 g/mol. The van der Waals surface area contributed by atoms with E-state index in [0.717, 1.165) is 0 Å². The van der Waals surface area contributed by atoms with E-state index < -0.39 is 23.5 Å². The molecule has 0 aliphatic carbocycles. The van der Waals surface area contributed by atoms with Gasteiger partial charge in [-0.25, -0.2) is 9.59 Å². The summed E-state index contributed by atoms with van der Waals surface area (Å²) in [4.78, 5) is 32.0. The van der Waals surface area contributed by atoms with Crippen LogP contribution >= 0.6 is 0 Å². The first-order valence-corrected chi connectivity index (χ1v) is 3.98. The Morgan fingerprint density at radius 3 is 2.13 bits per heavy atom. The predicted molar refractivity (Wildman–Crippen MR) is 49.5 cm³/mol. The Hall–Kier alpha value is -1.92. The molecule has 0 atom stereocenters. The lowest BCUT2D eigenvalue weighted by molar-refractivity contribution is -0.131. The van der Waals surface area contributed by atoms with Gasteiger partial charge in [-0.1, -0.05) is 0 Å². The first-order chi connectivity index (χ1) is 6.69. The molecule has 0 saturated heterocycles. The molecule has 0 fully saturated rings. The number of carboxylic acids is 1. The molecule has 84 valence electrons. The zero-order valence-electron chi connectivity index (χ0n) is 8.60. The Morgan fingerprint density at radius 2 is 1.87 bits per heavy atom. The van der Waals surface area contributed by atoms with Crippen molar-refractivity contribution < 1.29 is 24.2 Å². The van der Waals surface area contributed by atoms with Gasteiger partial charge >= 0.3 is 12.1 Å². The summed E-state index contributed by atoms with van der Waals surface area (Å²) < 4.78 is 4.71. The maximum Gasteiger partial charge on any atom is 0.422 e. The summed E-state index contributed by atoms with van der Waals surface area (Å²) in [6.07, 6.45) is -1.27. The van der Waals surface area contributed by atoms with Crippen molar-refractivity contribution in [3.05, 3.63) is 0 Å². The number of amides is 2. The van der Waals surface area contributed by atoms with E-state index in [4.69, 9.17) is 15.3 Å². The third-order valence-electron chi connectivity index (χ3n) is 1.14. The Labute approximate surface area is 86.1 Å². The first-order valence-electron chi connectivity index (χ1n) is 3.98. The average Bonchev–Trinajstić information content (AvgIpc) is 2.01. The van der Waals surface area contributed by atoms with Gasteiger partial charge in [0.25, 0.3) is 0 Å². The number of carboxylic acid groups (broad SMARTS) is 1. The summed E-state index contributed by atoms with van der Waals surface area (Å²) >= 11 is 0. The Balaban J connectivity index is 4.70. The molecule has 0 rings (SSSR count). The lowest BCUT2D eigenvalue weighted by atomic mass is 10.2. The van der Waals surface area contributed by atoms with Gasteiger partial charge in [-0.2, -0.15) is 4.90 Å². The second kappa shape index (κ2) is 4.54. The number of carbonyl (C=O) groups excluding carboxylic acids is 2. The van der Waals surface area contributed by atoms with Crippen molar-refractivity contribution in [2.45, 2.75) is 26.4 Å². The summed E-state index contributed by atoms with van der Waals surface area (Å²) in [6.45, 7) is 4.66. The van der Waals surface area contributed by atoms with Gasteiger partial charge in [-0.15, -0.1) is 0 Å². The highest BCUT2D eigenvalue weighted by Gasteiger charge is 2.28. The van der Waals surface area contributed by atoms with Crippen molar-refractivity contribution in [2.75, 3.05) is 0 Å². The van der Waals surface area contributed by atoms with E-state index in [1.165, 1.54) is 0 Å². The van der Waals surface area contributed by atoms with Crippen LogP contribution in [0.25, 0.3) is 0 Å². The van der Waals surface area contributed by atoms with Gasteiger partial charge in [0.05, 0.1) is 0 Å². The fourth-order valence-electron chi connectivity index (χ4n) is 0.601. The maximum absolute atomic E-state index is 11.2. The number of ether oxygens (including phenoxy) is 1. The highest BCUT2D eigenvalue weighted by atomic mass is 16.6. The van der Waals surface area contributed by atoms with E-state index in [1.807, 2.05) is 0 Å². The van der Waals surface area contributed by atoms with E-state index in [-0.39, 0.29) is 11.3 Å². The summed E-state index contributed by atoms with van der Waals surface area (Å²) in [5.41, 5.74) is -0.864. The van der Waals surface area contributed by atoms with Gasteiger partial charge < -0.3 is 9.84 Å². The van der Waals surface area contributed by atoms with Gasteiger partial charge in [-0.05, 0) is 20.8 Å². The number of amidine groups is 1. The molecule has 0 bridgehead atoms. The van der Waals surface area contributed by atoms with Crippen LogP contribution in [0.2, 0.25) is 0 Å². The molecular weight excluding hydrogens is 204 g/mol. The van der Waals surface area contributed by atoms with E-state index in [1.54, 1.807) is 20.8 Å². The molecule has 0 saturated carbocycles. The summed E-state index contributed by atoms with van der Waals surface area (Å²) in [7, 11) is 0. The smallest absolute Gasteiger partial charge is 0.422 e. The van der Waals surface area contributed by atoms with Crippen LogP contribution in [-0.4, -0.2) is 39.9 Å². The second-order valence-corrected chi connectivity index (χ2v) is 3.61. The van der Waals surface area contributed by atoms with Gasteiger partial charge in [0, 0.05) is 0 Å². The average molecular weight is 216 g/mol. The summed E-state index contributed by atoms with van der Waals surface area (Å²) in [5, 5.41) is 15.3. The van der Waals surface area contributed by atoms with Crippen LogP contribution in [0.1, 0.15) is 20.8 Å². The Kier molecular flexibility index (Phi) is 3.96. The molecule has 0 heterocycles. The minimum atomic E-state index is -1.69. The van der Waals surface area contributed by atoms with Crippen LogP contribution < -0.4 is 0 Å². The molecular formula is C8H12N2O5. The molecule has 0 radical (unpaired) electrons. The molecule has 15 heavy (non-hydrogen) atoms. The number of hydrogen-bond acceptors (Lipinski definition) is 5. The summed E-state index contributed by atoms with van der Waals surface area (Å²) in [5.74, 6) is -2.84. The van der Waals surface area contributed by atoms with Crippen molar-refractivity contribution in [1.29, 1.82) is 5.41 Å². The highest BCUT2D eigenvalue weighted by Crippen LogP contribution is 2.09. The minimum absolute atomic E-state index is 0.0770. The van der Waals surface area contributed by atoms with Crippen molar-refractivity contribution >= 4 is 24.3 Å². The van der Waals surface area contributed by atoms with Crippen molar-refractivity contribution in [3.63, 3.8) is 0 Å². The van der Waals surface area contributed by atoms with Crippen molar-refractivity contribution in [1.82, 2.24) is 4.90 Å². The third-order valence-corrected chi connectivity index (χ3v) is 1.14. The molecule has 2 N–H and O–H groups in total. The molecule has 0 aliphatic rings. The van der Waals surface area contributed by atoms with Crippen LogP contribution in [0.3, 0.4) is 0 Å². The molecule has 2 amide bonds. The second-order valence-electron chi connectivity index (χ2n) is 3.61. The maximum atomic E-state index is 11.2. The number of nitrogens with zero attached hydrogens (tertiary/aromatic N) is 1. The zero-order chi connectivity index (χ0) is 12.2. The Bertz CT molecular complexity index is 305. The lowest BCUT2D eigenvalue weighted by Gasteiger charge is -2.22. The first kappa shape index (κ1) is 13.1. The molecule has 0 aromatic carbocycles. The SMILES string of the molecule is CC(C)(C)OC(=O)N(C=O)C(=N)C(=O)O. The number of nitrogens with one attached hydrogen (secondary N) is 1. The molecule has 0 aliphatic heterocycles. The molecule has 0 unspecified atom stereocenters. The van der Waals surface area contributed by atoms with Gasteiger partial charge in [0.1, 0.15) is 5.60 Å². The van der Waals surface area contributed by atoms with Crippen LogP contribution in [0.5, 0.6) is 0 Å². The number of hydrogen-bond donors (Lipinski definition) is 2. The highest BCUT2D eigenvalue weighted by molar-refractivity contribution is 6.38. The number of imide groups is 1. The predicted octanol–water partition coefficient (Wildman–Crippen LogP) is 0.442. The van der Waals surface area contributed by atoms with E-state index in [0.29, 0.717) is 0 Å². The van der Waals surface area contributed by atoms with Crippen LogP contribution in [0.15, 0.2) is 0 Å². The lowest BCUT2D eigenvalue weighted by Crippen LogP contribution is -2.42. The standard InChI is InChI=1S/C8H12N2O5/c1-8(2,3)15-7(14)10(4-11)5(9)6(12)13/h4,9H,1-3H3,(H,12,13). The molecule has 0 aromatic heterocycles. The molecule has 0 spiro atoms. The van der Waals surface area contributed by atoms with E-state index in [2.05, 4.69) is 0 Å². The van der Waals surface area contributed by atoms with E-state index in [9.17, 15) is 14.4 Å². The van der Waals surface area contributed by atoms with Gasteiger partial charge in [0.2, 0.25) is 12.2 Å². The quantitative estimate of drug-likeness (QED) is 0.375. The van der Waals surface area contributed by atoms with Crippen molar-refractivity contribution in [2.24, 2.45) is 0 Å². The minimum Gasteiger partial charge on any atom is -0.475 e. The largest absolute Gasteiger partial charge is 0.475 e. The number of rotatable bonds is 1. The fourth-order valence-corrected chi connectivity index (χ4v) is 0.601. The number of aliphatic carboxylic acids is 1. The van der Waals surface area contributed by atoms with Gasteiger partial charge in [0.15, 0.2) is 0 Å². The van der Waals surface area contributed by atoms with Gasteiger partial charge in [-0.3, -0.25) is 10.2 Å². The van der Waals surface area contributed by atoms with Crippen molar-refractivity contribution in [3.8, 4) is 0 Å². The fraction of sp³-hybridized carbons (Fsp3) is 0.500. The summed E-state index contributed by atoms with van der Waals surface area (Å²) in [6, 6.07) is 0. The topological polar surface area (TPSA) is 108 Å². The zero-order valence-corrected chi connectivity index (χ0v) is 8.60. The van der Waals surface area contributed by atoms with Crippen LogP contribution in [0, 0.1) is 5.41 Å².